The summed E-state index contributed by atoms with van der Waals surface area (Å²) in [6.45, 7) is 3.33. The number of carbonyl (C=O) groups excluding carboxylic acids is 2. The molecule has 1 aromatic carbocycles. The van der Waals surface area contributed by atoms with Crippen molar-refractivity contribution in [2.24, 2.45) is 7.05 Å². The minimum atomic E-state index is -0.690. The largest absolute Gasteiger partial charge is 0.433 e. The van der Waals surface area contributed by atoms with E-state index in [2.05, 4.69) is 0 Å². The van der Waals surface area contributed by atoms with Gasteiger partial charge in [-0.1, -0.05) is 25.1 Å². The van der Waals surface area contributed by atoms with E-state index in [1.807, 2.05) is 36.1 Å². The Kier molecular flexibility index (Phi) is 5.99. The van der Waals surface area contributed by atoms with Gasteiger partial charge in [0.15, 0.2) is 11.5 Å². The van der Waals surface area contributed by atoms with Crippen LogP contribution in [0.4, 0.5) is 11.6 Å². The van der Waals surface area contributed by atoms with Crippen LogP contribution in [-0.2, 0) is 7.05 Å². The summed E-state index contributed by atoms with van der Waals surface area (Å²) in [4.78, 5) is 52.5. The normalized spacial score (nSPS) is 14.0. The van der Waals surface area contributed by atoms with E-state index < -0.39 is 16.7 Å². The molecule has 172 valence electrons. The number of fused-ring (bicyclic) bond motifs is 1. The number of aryl methyl sites for hydroxylation is 1. The number of aromatic nitrogens is 1. The zero-order chi connectivity index (χ0) is 23.7. The van der Waals surface area contributed by atoms with Gasteiger partial charge in [-0.15, -0.1) is 0 Å². The van der Waals surface area contributed by atoms with Crippen LogP contribution in [0.5, 0.6) is 0 Å². The van der Waals surface area contributed by atoms with E-state index in [1.165, 1.54) is 10.6 Å². The van der Waals surface area contributed by atoms with Crippen LogP contribution in [0.3, 0.4) is 0 Å². The van der Waals surface area contributed by atoms with Crippen molar-refractivity contribution in [2.75, 3.05) is 31.1 Å². The molecule has 0 N–H and O–H groups in total. The van der Waals surface area contributed by atoms with Crippen molar-refractivity contribution in [1.82, 2.24) is 9.47 Å². The SMILES string of the molecule is CCCC(=O)c1c(N2CCN(C(=O)c3ccc([N+](=O)[O-])o3)CC2)c2ccccc2n(C)c1=O. The quantitative estimate of drug-likeness (QED) is 0.320. The molecular weight excluding hydrogens is 428 g/mol. The van der Waals surface area contributed by atoms with Crippen molar-refractivity contribution in [1.29, 1.82) is 0 Å². The van der Waals surface area contributed by atoms with E-state index in [1.54, 1.807) is 11.9 Å². The highest BCUT2D eigenvalue weighted by Gasteiger charge is 2.30. The van der Waals surface area contributed by atoms with Gasteiger partial charge in [0, 0.05) is 45.0 Å². The van der Waals surface area contributed by atoms with E-state index in [0.29, 0.717) is 38.3 Å². The lowest BCUT2D eigenvalue weighted by molar-refractivity contribution is -0.402. The number of hydrogen-bond donors (Lipinski definition) is 0. The Labute approximate surface area is 189 Å². The summed E-state index contributed by atoms with van der Waals surface area (Å²) in [5.74, 6) is -1.20. The van der Waals surface area contributed by atoms with Crippen LogP contribution in [0.25, 0.3) is 10.9 Å². The molecule has 10 nitrogen and oxygen atoms in total. The van der Waals surface area contributed by atoms with Gasteiger partial charge in [-0.05, 0) is 18.6 Å². The number of para-hydroxylation sites is 1. The average Bonchev–Trinajstić information content (AvgIpc) is 3.32. The van der Waals surface area contributed by atoms with Gasteiger partial charge in [0.2, 0.25) is 0 Å². The molecule has 1 aliphatic rings. The molecule has 1 saturated heterocycles. The molecule has 1 fully saturated rings. The molecule has 2 aromatic heterocycles. The number of rotatable bonds is 6. The highest BCUT2D eigenvalue weighted by atomic mass is 16.6. The maximum Gasteiger partial charge on any atom is 0.433 e. The number of hydrogen-bond acceptors (Lipinski definition) is 7. The fourth-order valence-electron chi connectivity index (χ4n) is 4.24. The number of benzene rings is 1. The molecule has 0 atom stereocenters. The van der Waals surface area contributed by atoms with Crippen LogP contribution in [-0.4, -0.2) is 52.3 Å². The molecule has 3 heterocycles. The Balaban J connectivity index is 1.66. The Bertz CT molecular complexity index is 1300. The number of nitro groups is 1. The van der Waals surface area contributed by atoms with E-state index in [-0.39, 0.29) is 29.1 Å². The summed E-state index contributed by atoms with van der Waals surface area (Å²) in [5.41, 5.74) is 1.18. The van der Waals surface area contributed by atoms with Gasteiger partial charge in [0.1, 0.15) is 10.5 Å². The monoisotopic (exact) mass is 452 g/mol. The molecule has 0 spiro atoms. The van der Waals surface area contributed by atoms with Crippen molar-refractivity contribution < 1.29 is 18.9 Å². The van der Waals surface area contributed by atoms with Gasteiger partial charge in [0.25, 0.3) is 11.5 Å². The number of pyridine rings is 1. The third kappa shape index (κ3) is 3.99. The predicted molar refractivity (Wildman–Crippen MR) is 122 cm³/mol. The third-order valence-electron chi connectivity index (χ3n) is 5.90. The van der Waals surface area contributed by atoms with Crippen molar-refractivity contribution in [3.63, 3.8) is 0 Å². The lowest BCUT2D eigenvalue weighted by Gasteiger charge is -2.37. The highest BCUT2D eigenvalue weighted by Crippen LogP contribution is 2.31. The van der Waals surface area contributed by atoms with Gasteiger partial charge < -0.3 is 18.8 Å². The second-order valence-corrected chi connectivity index (χ2v) is 7.95. The van der Waals surface area contributed by atoms with Gasteiger partial charge in [-0.2, -0.15) is 0 Å². The molecule has 0 unspecified atom stereocenters. The third-order valence-corrected chi connectivity index (χ3v) is 5.90. The minimum absolute atomic E-state index is 0.0898. The van der Waals surface area contributed by atoms with Crippen molar-refractivity contribution >= 4 is 34.2 Å². The summed E-state index contributed by atoms with van der Waals surface area (Å²) in [5, 5.41) is 11.6. The van der Waals surface area contributed by atoms with Crippen molar-refractivity contribution in [3.8, 4) is 0 Å². The lowest BCUT2D eigenvalue weighted by Crippen LogP contribution is -2.49. The Hall–Kier alpha value is -3.95. The number of ketones is 1. The average molecular weight is 452 g/mol. The van der Waals surface area contributed by atoms with Gasteiger partial charge in [0.05, 0.1) is 17.3 Å². The molecular formula is C23H24N4O6. The van der Waals surface area contributed by atoms with Gasteiger partial charge in [-0.25, -0.2) is 0 Å². The van der Waals surface area contributed by atoms with Crippen molar-refractivity contribution in [3.05, 3.63) is 68.2 Å². The first-order valence-corrected chi connectivity index (χ1v) is 10.8. The zero-order valence-electron chi connectivity index (χ0n) is 18.4. The Morgan fingerprint density at radius 3 is 2.42 bits per heavy atom. The van der Waals surface area contributed by atoms with Crippen LogP contribution >= 0.6 is 0 Å². The van der Waals surface area contributed by atoms with E-state index >= 15 is 0 Å². The molecule has 4 rings (SSSR count). The number of amides is 1. The minimum Gasteiger partial charge on any atom is -0.395 e. The fraction of sp³-hybridized carbons (Fsp3) is 0.348. The lowest BCUT2D eigenvalue weighted by atomic mass is 10.0. The second kappa shape index (κ2) is 8.89. The standard InChI is InChI=1S/C23H24N4O6/c1-3-6-17(28)20-21(15-7-4-5-8-16(15)24(2)23(20)30)25-11-13-26(14-12-25)22(29)18-9-10-19(33-18)27(31)32/h4-5,7-10H,3,6,11-14H2,1-2H3. The summed E-state index contributed by atoms with van der Waals surface area (Å²) in [6.07, 6.45) is 0.905. The second-order valence-electron chi connectivity index (χ2n) is 7.95. The van der Waals surface area contributed by atoms with Gasteiger partial charge >= 0.3 is 5.88 Å². The smallest absolute Gasteiger partial charge is 0.395 e. The number of piperazine rings is 1. The van der Waals surface area contributed by atoms with Crippen LogP contribution in [0.15, 0.2) is 45.6 Å². The molecule has 1 amide bonds. The molecule has 0 aliphatic carbocycles. The van der Waals surface area contributed by atoms with Crippen LogP contribution in [0.1, 0.15) is 40.7 Å². The first-order valence-electron chi connectivity index (χ1n) is 10.8. The topological polar surface area (TPSA) is 119 Å². The Morgan fingerprint density at radius 1 is 1.09 bits per heavy atom. The van der Waals surface area contributed by atoms with E-state index in [4.69, 9.17) is 4.42 Å². The van der Waals surface area contributed by atoms with E-state index in [0.717, 1.165) is 17.0 Å². The molecule has 33 heavy (non-hydrogen) atoms. The maximum absolute atomic E-state index is 13.2. The number of anilines is 1. The number of nitrogens with zero attached hydrogens (tertiary/aromatic N) is 4. The first kappa shape index (κ1) is 22.3. The summed E-state index contributed by atoms with van der Waals surface area (Å²) in [6, 6.07) is 9.90. The molecule has 0 radical (unpaired) electrons. The van der Waals surface area contributed by atoms with Crippen molar-refractivity contribution in [2.45, 2.75) is 19.8 Å². The molecule has 1 aliphatic heterocycles. The van der Waals surface area contributed by atoms with E-state index in [9.17, 15) is 24.5 Å². The molecule has 10 heteroatoms. The van der Waals surface area contributed by atoms with Gasteiger partial charge in [-0.3, -0.25) is 24.5 Å². The first-order chi connectivity index (χ1) is 15.8. The maximum atomic E-state index is 13.2. The number of furan rings is 1. The molecule has 3 aromatic rings. The predicted octanol–water partition coefficient (Wildman–Crippen LogP) is 2.98. The van der Waals surface area contributed by atoms with Crippen LogP contribution in [0, 0.1) is 10.1 Å². The summed E-state index contributed by atoms with van der Waals surface area (Å²) < 4.78 is 6.55. The summed E-state index contributed by atoms with van der Waals surface area (Å²) in [7, 11) is 1.66. The summed E-state index contributed by atoms with van der Waals surface area (Å²) >= 11 is 0. The Morgan fingerprint density at radius 2 is 1.79 bits per heavy atom. The van der Waals surface area contributed by atoms with Crippen LogP contribution < -0.4 is 10.5 Å². The highest BCUT2D eigenvalue weighted by molar-refractivity contribution is 6.08. The molecule has 0 saturated carbocycles. The number of carbonyl (C=O) groups is 2. The van der Waals surface area contributed by atoms with Crippen LogP contribution in [0.2, 0.25) is 0 Å². The fourth-order valence-corrected chi connectivity index (χ4v) is 4.24. The molecule has 0 bridgehead atoms. The zero-order valence-corrected chi connectivity index (χ0v) is 18.4. The number of Topliss-reactive ketones (excluding diaryl/α,β-unsaturated/α-hetero) is 1.